The van der Waals surface area contributed by atoms with Gasteiger partial charge in [-0.05, 0) is 23.8 Å². The van der Waals surface area contributed by atoms with Crippen molar-refractivity contribution in [3.8, 4) is 17.1 Å². The van der Waals surface area contributed by atoms with E-state index in [0.29, 0.717) is 11.5 Å². The number of hydrogen-bond acceptors (Lipinski definition) is 4. The average Bonchev–Trinajstić information content (AvgIpc) is 2.77. The van der Waals surface area contributed by atoms with E-state index in [1.54, 1.807) is 12.4 Å². The molecular formula is C12H11N3O. The van der Waals surface area contributed by atoms with Gasteiger partial charge in [0.25, 0.3) is 0 Å². The molecule has 16 heavy (non-hydrogen) atoms. The molecule has 4 nitrogen and oxygen atoms in total. The minimum atomic E-state index is 0.577. The van der Waals surface area contributed by atoms with Crippen LogP contribution in [-0.4, -0.2) is 16.6 Å². The standard InChI is InChI=1S/C12H11N3O/c13-10-6-14-12(15-7-10)9-1-2-11-8(5-9)3-4-16-11/h1-2,5-7H,3-4,13H2. The van der Waals surface area contributed by atoms with Crippen molar-refractivity contribution < 1.29 is 4.74 Å². The van der Waals surface area contributed by atoms with Gasteiger partial charge in [-0.15, -0.1) is 0 Å². The molecule has 0 spiro atoms. The number of hydrogen-bond donors (Lipinski definition) is 1. The Morgan fingerprint density at radius 1 is 1.19 bits per heavy atom. The second-order valence-corrected chi connectivity index (χ2v) is 3.76. The largest absolute Gasteiger partial charge is 0.493 e. The van der Waals surface area contributed by atoms with Crippen LogP contribution in [0.25, 0.3) is 11.4 Å². The lowest BCUT2D eigenvalue weighted by Gasteiger charge is -2.03. The summed E-state index contributed by atoms with van der Waals surface area (Å²) in [5.41, 5.74) is 8.35. The van der Waals surface area contributed by atoms with E-state index < -0.39 is 0 Å². The molecule has 4 heteroatoms. The Balaban J connectivity index is 2.03. The summed E-state index contributed by atoms with van der Waals surface area (Å²) in [5.74, 6) is 1.67. The first-order valence-corrected chi connectivity index (χ1v) is 5.16. The summed E-state index contributed by atoms with van der Waals surface area (Å²) in [6.07, 6.45) is 4.19. The van der Waals surface area contributed by atoms with Crippen molar-refractivity contribution in [3.05, 3.63) is 36.2 Å². The number of aromatic nitrogens is 2. The number of anilines is 1. The molecule has 0 fully saturated rings. The molecule has 1 aromatic carbocycles. The SMILES string of the molecule is Nc1cnc(-c2ccc3c(c2)CCO3)nc1. The van der Waals surface area contributed by atoms with E-state index in [1.165, 1.54) is 5.56 Å². The zero-order valence-electron chi connectivity index (χ0n) is 8.68. The van der Waals surface area contributed by atoms with E-state index in [-0.39, 0.29) is 0 Å². The molecular weight excluding hydrogens is 202 g/mol. The van der Waals surface area contributed by atoms with E-state index in [1.807, 2.05) is 12.1 Å². The van der Waals surface area contributed by atoms with Crippen LogP contribution in [0, 0.1) is 0 Å². The topological polar surface area (TPSA) is 61.0 Å². The highest BCUT2D eigenvalue weighted by atomic mass is 16.5. The van der Waals surface area contributed by atoms with Gasteiger partial charge in [0.05, 0.1) is 24.7 Å². The lowest BCUT2D eigenvalue weighted by molar-refractivity contribution is 0.357. The minimum Gasteiger partial charge on any atom is -0.493 e. The number of fused-ring (bicyclic) bond motifs is 1. The van der Waals surface area contributed by atoms with Crippen molar-refractivity contribution in [1.29, 1.82) is 0 Å². The molecule has 0 unspecified atom stereocenters. The Bertz CT molecular complexity index is 522. The molecule has 3 rings (SSSR count). The summed E-state index contributed by atoms with van der Waals surface area (Å²) >= 11 is 0. The molecule has 0 saturated heterocycles. The fourth-order valence-corrected chi connectivity index (χ4v) is 1.81. The lowest BCUT2D eigenvalue weighted by Crippen LogP contribution is -1.92. The molecule has 0 amide bonds. The van der Waals surface area contributed by atoms with Gasteiger partial charge in [-0.25, -0.2) is 9.97 Å². The first-order chi connectivity index (χ1) is 7.83. The summed E-state index contributed by atoms with van der Waals surface area (Å²) in [5, 5.41) is 0. The second kappa shape index (κ2) is 3.48. The number of ether oxygens (including phenoxy) is 1. The Morgan fingerprint density at radius 2 is 2.00 bits per heavy atom. The third kappa shape index (κ3) is 1.48. The number of nitrogen functional groups attached to an aromatic ring is 1. The van der Waals surface area contributed by atoms with E-state index in [4.69, 9.17) is 10.5 Å². The van der Waals surface area contributed by atoms with Crippen molar-refractivity contribution in [2.75, 3.05) is 12.3 Å². The van der Waals surface area contributed by atoms with E-state index in [9.17, 15) is 0 Å². The van der Waals surface area contributed by atoms with Crippen LogP contribution in [-0.2, 0) is 6.42 Å². The molecule has 1 aliphatic heterocycles. The van der Waals surface area contributed by atoms with Crippen molar-refractivity contribution in [2.45, 2.75) is 6.42 Å². The summed E-state index contributed by atoms with van der Waals surface area (Å²) < 4.78 is 5.45. The van der Waals surface area contributed by atoms with Gasteiger partial charge >= 0.3 is 0 Å². The summed E-state index contributed by atoms with van der Waals surface area (Å²) in [4.78, 5) is 8.39. The van der Waals surface area contributed by atoms with E-state index in [0.717, 1.165) is 24.3 Å². The van der Waals surface area contributed by atoms with Gasteiger partial charge in [0.15, 0.2) is 5.82 Å². The number of nitrogens with zero attached hydrogens (tertiary/aromatic N) is 2. The Kier molecular flexibility index (Phi) is 1.99. The molecule has 0 radical (unpaired) electrons. The molecule has 0 saturated carbocycles. The maximum atomic E-state index is 5.55. The van der Waals surface area contributed by atoms with Gasteiger partial charge < -0.3 is 10.5 Å². The van der Waals surface area contributed by atoms with Gasteiger partial charge in [0, 0.05) is 12.0 Å². The third-order valence-corrected chi connectivity index (χ3v) is 2.62. The van der Waals surface area contributed by atoms with Crippen LogP contribution in [0.4, 0.5) is 5.69 Å². The van der Waals surface area contributed by atoms with Crippen LogP contribution in [0.15, 0.2) is 30.6 Å². The van der Waals surface area contributed by atoms with Crippen LogP contribution in [0.3, 0.4) is 0 Å². The van der Waals surface area contributed by atoms with Gasteiger partial charge in [0.2, 0.25) is 0 Å². The zero-order valence-corrected chi connectivity index (χ0v) is 8.68. The molecule has 0 bridgehead atoms. The van der Waals surface area contributed by atoms with Crippen LogP contribution >= 0.6 is 0 Å². The van der Waals surface area contributed by atoms with Crippen molar-refractivity contribution >= 4 is 5.69 Å². The van der Waals surface area contributed by atoms with Gasteiger partial charge in [-0.2, -0.15) is 0 Å². The zero-order chi connectivity index (χ0) is 11.0. The predicted octanol–water partition coefficient (Wildman–Crippen LogP) is 1.66. The van der Waals surface area contributed by atoms with Gasteiger partial charge in [0.1, 0.15) is 5.75 Å². The molecule has 1 aliphatic rings. The fraction of sp³-hybridized carbons (Fsp3) is 0.167. The molecule has 0 aliphatic carbocycles. The normalized spacial score (nSPS) is 13.2. The van der Waals surface area contributed by atoms with Crippen LogP contribution in [0.5, 0.6) is 5.75 Å². The highest BCUT2D eigenvalue weighted by molar-refractivity contribution is 5.60. The van der Waals surface area contributed by atoms with Gasteiger partial charge in [-0.1, -0.05) is 0 Å². The Morgan fingerprint density at radius 3 is 2.81 bits per heavy atom. The average molecular weight is 213 g/mol. The summed E-state index contributed by atoms with van der Waals surface area (Å²) in [6, 6.07) is 6.01. The Labute approximate surface area is 93.1 Å². The molecule has 0 atom stereocenters. The fourth-order valence-electron chi connectivity index (χ4n) is 1.81. The second-order valence-electron chi connectivity index (χ2n) is 3.76. The number of benzene rings is 1. The van der Waals surface area contributed by atoms with Crippen LogP contribution in [0.1, 0.15) is 5.56 Å². The maximum absolute atomic E-state index is 5.55. The quantitative estimate of drug-likeness (QED) is 0.782. The number of nitrogens with two attached hydrogens (primary N) is 1. The highest BCUT2D eigenvalue weighted by Gasteiger charge is 2.13. The molecule has 2 heterocycles. The van der Waals surface area contributed by atoms with Crippen molar-refractivity contribution in [2.24, 2.45) is 0 Å². The minimum absolute atomic E-state index is 0.577. The highest BCUT2D eigenvalue weighted by Crippen LogP contribution is 2.28. The smallest absolute Gasteiger partial charge is 0.159 e. The first-order valence-electron chi connectivity index (χ1n) is 5.16. The molecule has 1 aromatic heterocycles. The van der Waals surface area contributed by atoms with E-state index >= 15 is 0 Å². The molecule has 2 N–H and O–H groups in total. The monoisotopic (exact) mass is 213 g/mol. The van der Waals surface area contributed by atoms with Crippen molar-refractivity contribution in [1.82, 2.24) is 9.97 Å². The number of rotatable bonds is 1. The maximum Gasteiger partial charge on any atom is 0.159 e. The summed E-state index contributed by atoms with van der Waals surface area (Å²) in [6.45, 7) is 0.765. The molecule has 2 aromatic rings. The third-order valence-electron chi connectivity index (χ3n) is 2.62. The van der Waals surface area contributed by atoms with E-state index in [2.05, 4.69) is 16.0 Å². The van der Waals surface area contributed by atoms with Crippen LogP contribution in [0.2, 0.25) is 0 Å². The first kappa shape index (κ1) is 9.15. The van der Waals surface area contributed by atoms with Crippen LogP contribution < -0.4 is 10.5 Å². The van der Waals surface area contributed by atoms with Crippen molar-refractivity contribution in [3.63, 3.8) is 0 Å². The van der Waals surface area contributed by atoms with Gasteiger partial charge in [-0.3, -0.25) is 0 Å². The lowest BCUT2D eigenvalue weighted by atomic mass is 10.1. The molecule has 80 valence electrons. The summed E-state index contributed by atoms with van der Waals surface area (Å²) in [7, 11) is 0. The predicted molar refractivity (Wildman–Crippen MR) is 61.1 cm³/mol. The Hall–Kier alpha value is -2.10.